The highest BCUT2D eigenvalue weighted by atomic mass is 16.7. The molecule has 11 nitrogen and oxygen atoms in total. The molecule has 0 radical (unpaired) electrons. The monoisotopic (exact) mass is 382 g/mol. The molecule has 2 rings (SSSR count). The van der Waals surface area contributed by atoms with Crippen LogP contribution in [0.5, 0.6) is 0 Å². The average Bonchev–Trinajstić information content (AvgIpc) is 2.64. The molecule has 26 heavy (non-hydrogen) atoms. The third-order valence-electron chi connectivity index (χ3n) is 4.34. The predicted octanol–water partition coefficient (Wildman–Crippen LogP) is -4.19. The topological polar surface area (TPSA) is 179 Å². The SMILES string of the molecule is C=CCOC1O[C@H](CO)[C@@H](O[C@@H]2O[C@H](CO)[C@@H](O)[C@H](O)[C@H]2O)[C@H](O)[C@H]1O. The first-order valence-corrected chi connectivity index (χ1v) is 8.16. The summed E-state index contributed by atoms with van der Waals surface area (Å²) in [6, 6.07) is 0. The molecule has 7 N–H and O–H groups in total. The van der Waals surface area contributed by atoms with Crippen molar-refractivity contribution >= 4 is 0 Å². The van der Waals surface area contributed by atoms with E-state index in [1.54, 1.807) is 0 Å². The van der Waals surface area contributed by atoms with Gasteiger partial charge in [-0.3, -0.25) is 0 Å². The van der Waals surface area contributed by atoms with E-state index in [4.69, 9.17) is 18.9 Å². The van der Waals surface area contributed by atoms with Crippen LogP contribution in [0.25, 0.3) is 0 Å². The smallest absolute Gasteiger partial charge is 0.187 e. The Hall–Kier alpha value is -0.700. The van der Waals surface area contributed by atoms with Crippen molar-refractivity contribution in [1.29, 1.82) is 0 Å². The Morgan fingerprint density at radius 2 is 1.35 bits per heavy atom. The van der Waals surface area contributed by atoms with Crippen LogP contribution in [0.15, 0.2) is 12.7 Å². The van der Waals surface area contributed by atoms with Gasteiger partial charge in [-0.2, -0.15) is 0 Å². The predicted molar refractivity (Wildman–Crippen MR) is 82.5 cm³/mol. The van der Waals surface area contributed by atoms with Crippen LogP contribution < -0.4 is 0 Å². The molecule has 2 aliphatic heterocycles. The Kier molecular flexibility index (Phi) is 7.88. The second-order valence-electron chi connectivity index (χ2n) is 6.13. The highest BCUT2D eigenvalue weighted by molar-refractivity contribution is 4.94. The van der Waals surface area contributed by atoms with Gasteiger partial charge in [0, 0.05) is 0 Å². The minimum absolute atomic E-state index is 0.0326. The summed E-state index contributed by atoms with van der Waals surface area (Å²) in [5.41, 5.74) is 0. The van der Waals surface area contributed by atoms with Gasteiger partial charge in [-0.05, 0) is 0 Å². The molecule has 0 aliphatic carbocycles. The average molecular weight is 382 g/mol. The van der Waals surface area contributed by atoms with E-state index in [0.29, 0.717) is 0 Å². The number of ether oxygens (including phenoxy) is 4. The van der Waals surface area contributed by atoms with Gasteiger partial charge in [-0.25, -0.2) is 0 Å². The van der Waals surface area contributed by atoms with Crippen molar-refractivity contribution in [3.05, 3.63) is 12.7 Å². The Morgan fingerprint density at radius 1 is 0.769 bits per heavy atom. The minimum Gasteiger partial charge on any atom is -0.394 e. The van der Waals surface area contributed by atoms with Crippen molar-refractivity contribution in [2.45, 2.75) is 61.4 Å². The van der Waals surface area contributed by atoms with Crippen LogP contribution in [0.2, 0.25) is 0 Å². The van der Waals surface area contributed by atoms with Gasteiger partial charge in [-0.15, -0.1) is 6.58 Å². The second-order valence-corrected chi connectivity index (χ2v) is 6.13. The second kappa shape index (κ2) is 9.48. The van der Waals surface area contributed by atoms with Gasteiger partial charge in [-0.1, -0.05) is 6.08 Å². The van der Waals surface area contributed by atoms with E-state index in [0.717, 1.165) is 0 Å². The fourth-order valence-corrected chi connectivity index (χ4v) is 2.86. The number of rotatable bonds is 7. The van der Waals surface area contributed by atoms with Crippen LogP contribution in [0.4, 0.5) is 0 Å². The van der Waals surface area contributed by atoms with Gasteiger partial charge in [0.25, 0.3) is 0 Å². The zero-order valence-electron chi connectivity index (χ0n) is 13.9. The maximum atomic E-state index is 10.3. The molecule has 0 saturated carbocycles. The Bertz CT molecular complexity index is 445. The Morgan fingerprint density at radius 3 is 1.92 bits per heavy atom. The lowest BCUT2D eigenvalue weighted by atomic mass is 9.97. The summed E-state index contributed by atoms with van der Waals surface area (Å²) >= 11 is 0. The molecule has 0 bridgehead atoms. The van der Waals surface area contributed by atoms with Crippen LogP contribution in [0.1, 0.15) is 0 Å². The lowest BCUT2D eigenvalue weighted by molar-refractivity contribution is -0.358. The van der Waals surface area contributed by atoms with Crippen molar-refractivity contribution in [3.8, 4) is 0 Å². The Labute approximate surface area is 149 Å². The molecule has 0 spiro atoms. The van der Waals surface area contributed by atoms with E-state index in [1.165, 1.54) is 6.08 Å². The quantitative estimate of drug-likeness (QED) is 0.212. The maximum Gasteiger partial charge on any atom is 0.187 e. The largest absolute Gasteiger partial charge is 0.394 e. The van der Waals surface area contributed by atoms with Crippen LogP contribution >= 0.6 is 0 Å². The first kappa shape index (κ1) is 21.6. The number of aliphatic hydroxyl groups excluding tert-OH is 7. The number of hydrogen-bond donors (Lipinski definition) is 7. The van der Waals surface area contributed by atoms with Gasteiger partial charge >= 0.3 is 0 Å². The molecule has 2 saturated heterocycles. The van der Waals surface area contributed by atoms with E-state index in [9.17, 15) is 35.7 Å². The highest BCUT2D eigenvalue weighted by Gasteiger charge is 2.50. The van der Waals surface area contributed by atoms with E-state index >= 15 is 0 Å². The van der Waals surface area contributed by atoms with E-state index in [2.05, 4.69) is 6.58 Å². The van der Waals surface area contributed by atoms with Crippen LogP contribution in [0, 0.1) is 0 Å². The van der Waals surface area contributed by atoms with Crippen molar-refractivity contribution in [1.82, 2.24) is 0 Å². The van der Waals surface area contributed by atoms with Crippen molar-refractivity contribution in [2.24, 2.45) is 0 Å². The number of aliphatic hydroxyl groups is 7. The maximum absolute atomic E-state index is 10.3. The fourth-order valence-electron chi connectivity index (χ4n) is 2.86. The zero-order chi connectivity index (χ0) is 19.4. The lowest BCUT2D eigenvalue weighted by Gasteiger charge is -2.45. The molecule has 2 aliphatic rings. The van der Waals surface area contributed by atoms with Gasteiger partial charge in [0.15, 0.2) is 12.6 Å². The van der Waals surface area contributed by atoms with E-state index < -0.39 is 74.6 Å². The van der Waals surface area contributed by atoms with Gasteiger partial charge in [0.1, 0.15) is 48.8 Å². The first-order chi connectivity index (χ1) is 12.3. The third-order valence-corrected chi connectivity index (χ3v) is 4.34. The molecule has 0 aromatic rings. The molecule has 0 amide bonds. The number of hydrogen-bond acceptors (Lipinski definition) is 11. The fraction of sp³-hybridized carbons (Fsp3) is 0.867. The minimum atomic E-state index is -1.70. The molecule has 10 atom stereocenters. The molecular weight excluding hydrogens is 356 g/mol. The first-order valence-electron chi connectivity index (χ1n) is 8.16. The summed E-state index contributed by atoms with van der Waals surface area (Å²) in [5, 5.41) is 68.6. The van der Waals surface area contributed by atoms with Crippen LogP contribution in [0.3, 0.4) is 0 Å². The van der Waals surface area contributed by atoms with Crippen LogP contribution in [-0.4, -0.2) is 117 Å². The third kappa shape index (κ3) is 4.40. The summed E-state index contributed by atoms with van der Waals surface area (Å²) in [6.07, 6.45) is -13.1. The molecule has 2 heterocycles. The molecule has 2 fully saturated rings. The standard InChI is InChI=1S/C15H26O11/c1-2-3-23-14-12(22)10(20)13(7(5-17)25-14)26-15-11(21)9(19)8(18)6(4-16)24-15/h2,6-22H,1,3-5H2/t6-,7-,8-,9+,10-,11-,12-,13-,14?,15+/m1/s1. The van der Waals surface area contributed by atoms with Gasteiger partial charge in [0.05, 0.1) is 19.8 Å². The Balaban J connectivity index is 2.10. The lowest BCUT2D eigenvalue weighted by Crippen LogP contribution is -2.64. The summed E-state index contributed by atoms with van der Waals surface area (Å²) in [4.78, 5) is 0. The normalized spacial score (nSPS) is 46.9. The summed E-state index contributed by atoms with van der Waals surface area (Å²) in [7, 11) is 0. The molecule has 1 unspecified atom stereocenters. The molecule has 0 aromatic carbocycles. The summed E-state index contributed by atoms with van der Waals surface area (Å²) in [5.74, 6) is 0. The molecule has 0 aromatic heterocycles. The van der Waals surface area contributed by atoms with Crippen LogP contribution in [-0.2, 0) is 18.9 Å². The summed E-state index contributed by atoms with van der Waals surface area (Å²) < 4.78 is 21.1. The molecular formula is C15H26O11. The van der Waals surface area contributed by atoms with E-state index in [1.807, 2.05) is 0 Å². The van der Waals surface area contributed by atoms with Gasteiger partial charge < -0.3 is 54.7 Å². The van der Waals surface area contributed by atoms with Gasteiger partial charge in [0.2, 0.25) is 0 Å². The van der Waals surface area contributed by atoms with E-state index in [-0.39, 0.29) is 6.61 Å². The molecule has 11 heteroatoms. The van der Waals surface area contributed by atoms with Crippen molar-refractivity contribution < 1.29 is 54.7 Å². The van der Waals surface area contributed by atoms with Crippen molar-refractivity contribution in [3.63, 3.8) is 0 Å². The zero-order valence-corrected chi connectivity index (χ0v) is 13.9. The summed E-state index contributed by atoms with van der Waals surface area (Å²) in [6.45, 7) is 2.22. The van der Waals surface area contributed by atoms with Crippen molar-refractivity contribution in [2.75, 3.05) is 19.8 Å². The molecule has 152 valence electrons. The highest BCUT2D eigenvalue weighted by Crippen LogP contribution is 2.29.